The number of fused-ring (bicyclic) bond motifs is 5. The smallest absolute Gasteiger partial charge is 0.0682 e. The van der Waals surface area contributed by atoms with Crippen molar-refractivity contribution in [1.82, 2.24) is 0 Å². The molecule has 4 rings (SSSR count). The van der Waals surface area contributed by atoms with Crippen molar-refractivity contribution in [3.63, 3.8) is 0 Å². The molecule has 9 atom stereocenters. The van der Waals surface area contributed by atoms with Crippen LogP contribution < -0.4 is 0 Å². The van der Waals surface area contributed by atoms with Crippen LogP contribution in [0.2, 0.25) is 0 Å². The molecule has 0 radical (unpaired) electrons. The first-order chi connectivity index (χ1) is 14.3. The summed E-state index contributed by atoms with van der Waals surface area (Å²) in [6.45, 7) is 9.41. The zero-order valence-electron chi connectivity index (χ0n) is 20.2. The second-order valence-electron chi connectivity index (χ2n) is 12.0. The molecule has 172 valence electrons. The van der Waals surface area contributed by atoms with Gasteiger partial charge in [0.2, 0.25) is 0 Å². The van der Waals surface area contributed by atoms with E-state index in [2.05, 4.69) is 33.8 Å². The summed E-state index contributed by atoms with van der Waals surface area (Å²) in [6, 6.07) is 0. The van der Waals surface area contributed by atoms with Crippen molar-refractivity contribution in [2.75, 3.05) is 0 Å². The number of aliphatic hydroxyl groups is 2. The summed E-state index contributed by atoms with van der Waals surface area (Å²) < 4.78 is 0. The third-order valence-electron chi connectivity index (χ3n) is 10.7. The maximum atomic E-state index is 10.9. The topological polar surface area (TPSA) is 40.5 Å². The molecule has 30 heavy (non-hydrogen) atoms. The highest BCUT2D eigenvalue weighted by atomic mass is 16.3. The fraction of sp³-hybridized carbons (Fsp3) is 0.929. The van der Waals surface area contributed by atoms with Crippen LogP contribution in [-0.4, -0.2) is 21.9 Å². The fourth-order valence-corrected chi connectivity index (χ4v) is 8.72. The molecule has 3 fully saturated rings. The maximum absolute atomic E-state index is 10.9. The SMILES string of the molecule is CCC(O)CCC[C@@H](C)[C@H]1CC[C@H]2[C@@H]3CC=C4C[C@](O)(CC)CC[C@@H]4[C@H]3CC[C@]12C. The van der Waals surface area contributed by atoms with Gasteiger partial charge in [-0.25, -0.2) is 0 Å². The van der Waals surface area contributed by atoms with Crippen LogP contribution in [-0.2, 0) is 0 Å². The van der Waals surface area contributed by atoms with Crippen LogP contribution in [0, 0.1) is 40.9 Å². The van der Waals surface area contributed by atoms with E-state index in [1.807, 2.05) is 0 Å². The molecular weight excluding hydrogens is 368 g/mol. The Morgan fingerprint density at radius 1 is 1.07 bits per heavy atom. The Bertz CT molecular complexity index is 626. The van der Waals surface area contributed by atoms with Gasteiger partial charge in [0.15, 0.2) is 0 Å². The first-order valence-electron chi connectivity index (χ1n) is 13.4. The summed E-state index contributed by atoms with van der Waals surface area (Å²) in [5.74, 6) is 5.14. The van der Waals surface area contributed by atoms with Gasteiger partial charge in [-0.15, -0.1) is 0 Å². The zero-order chi connectivity index (χ0) is 21.5. The molecule has 2 nitrogen and oxygen atoms in total. The minimum absolute atomic E-state index is 0.0939. The Balaban J connectivity index is 1.42. The molecule has 4 aliphatic carbocycles. The Labute approximate surface area is 185 Å². The third kappa shape index (κ3) is 4.05. The van der Waals surface area contributed by atoms with Crippen molar-refractivity contribution < 1.29 is 10.2 Å². The van der Waals surface area contributed by atoms with E-state index in [1.54, 1.807) is 5.57 Å². The van der Waals surface area contributed by atoms with Gasteiger partial charge in [0.05, 0.1) is 11.7 Å². The molecule has 0 saturated heterocycles. The summed E-state index contributed by atoms with van der Waals surface area (Å²) in [7, 11) is 0. The standard InChI is InChI=1S/C28H48O2/c1-5-21(29)9-7-8-19(3)25-12-13-26-24-11-10-20-18-28(30,6-2)17-15-22(20)23(24)14-16-27(25,26)4/h10,19,21-26,29-30H,5-9,11-18H2,1-4H3/t19-,21?,22+,23-,24-,25-,26+,27-,28+/m1/s1. The Morgan fingerprint density at radius 2 is 1.87 bits per heavy atom. The average molecular weight is 417 g/mol. The normalized spacial score (nSPS) is 45.1. The molecule has 2 N–H and O–H groups in total. The van der Waals surface area contributed by atoms with Gasteiger partial charge < -0.3 is 10.2 Å². The van der Waals surface area contributed by atoms with Crippen molar-refractivity contribution in [1.29, 1.82) is 0 Å². The summed E-state index contributed by atoms with van der Waals surface area (Å²) >= 11 is 0. The number of rotatable bonds is 7. The maximum Gasteiger partial charge on any atom is 0.0682 e. The van der Waals surface area contributed by atoms with Crippen LogP contribution in [0.5, 0.6) is 0 Å². The summed E-state index contributed by atoms with van der Waals surface area (Å²) in [6.07, 6.45) is 17.9. The lowest BCUT2D eigenvalue weighted by atomic mass is 9.50. The van der Waals surface area contributed by atoms with Crippen molar-refractivity contribution in [3.05, 3.63) is 11.6 Å². The van der Waals surface area contributed by atoms with E-state index in [0.717, 1.165) is 67.6 Å². The van der Waals surface area contributed by atoms with Crippen LogP contribution in [0.1, 0.15) is 111 Å². The Hall–Kier alpha value is -0.340. The van der Waals surface area contributed by atoms with Gasteiger partial charge in [-0.1, -0.05) is 52.2 Å². The lowest BCUT2D eigenvalue weighted by Gasteiger charge is -2.55. The lowest BCUT2D eigenvalue weighted by Crippen LogP contribution is -2.48. The molecular formula is C28H48O2. The van der Waals surface area contributed by atoms with Gasteiger partial charge in [-0.3, -0.25) is 0 Å². The minimum atomic E-state index is -0.419. The van der Waals surface area contributed by atoms with Gasteiger partial charge in [-0.05, 0) is 112 Å². The van der Waals surface area contributed by atoms with Crippen LogP contribution in [0.4, 0.5) is 0 Å². The van der Waals surface area contributed by atoms with E-state index in [-0.39, 0.29) is 6.10 Å². The second kappa shape index (κ2) is 8.89. The molecule has 3 saturated carbocycles. The lowest BCUT2D eigenvalue weighted by molar-refractivity contribution is -0.0461. The minimum Gasteiger partial charge on any atom is -0.393 e. The molecule has 0 bridgehead atoms. The monoisotopic (exact) mass is 416 g/mol. The number of hydrogen-bond donors (Lipinski definition) is 2. The van der Waals surface area contributed by atoms with Crippen molar-refractivity contribution in [3.8, 4) is 0 Å². The van der Waals surface area contributed by atoms with Gasteiger partial charge >= 0.3 is 0 Å². The molecule has 0 heterocycles. The highest BCUT2D eigenvalue weighted by Crippen LogP contribution is 2.65. The molecule has 0 aliphatic heterocycles. The van der Waals surface area contributed by atoms with E-state index in [9.17, 15) is 10.2 Å². The van der Waals surface area contributed by atoms with Gasteiger partial charge in [0, 0.05) is 0 Å². The first-order valence-corrected chi connectivity index (χ1v) is 13.4. The number of hydrogen-bond acceptors (Lipinski definition) is 2. The highest BCUT2D eigenvalue weighted by Gasteiger charge is 2.57. The van der Waals surface area contributed by atoms with Crippen LogP contribution in [0.15, 0.2) is 11.6 Å². The number of aliphatic hydroxyl groups excluding tert-OH is 1. The molecule has 0 aromatic rings. The van der Waals surface area contributed by atoms with E-state index in [4.69, 9.17) is 0 Å². The second-order valence-corrected chi connectivity index (χ2v) is 12.0. The van der Waals surface area contributed by atoms with E-state index in [1.165, 1.54) is 51.4 Å². The van der Waals surface area contributed by atoms with Crippen LogP contribution in [0.25, 0.3) is 0 Å². The number of allylic oxidation sites excluding steroid dienone is 1. The Morgan fingerprint density at radius 3 is 2.60 bits per heavy atom. The van der Waals surface area contributed by atoms with E-state index < -0.39 is 5.60 Å². The molecule has 0 spiro atoms. The average Bonchev–Trinajstić information content (AvgIpc) is 3.10. The molecule has 2 heteroatoms. The third-order valence-corrected chi connectivity index (χ3v) is 10.7. The van der Waals surface area contributed by atoms with Crippen molar-refractivity contribution >= 4 is 0 Å². The summed E-state index contributed by atoms with van der Waals surface area (Å²) in [5.41, 5.74) is 1.74. The first kappa shape index (κ1) is 22.8. The van der Waals surface area contributed by atoms with Gasteiger partial charge in [0.1, 0.15) is 0 Å². The summed E-state index contributed by atoms with van der Waals surface area (Å²) in [5, 5.41) is 20.8. The van der Waals surface area contributed by atoms with Crippen LogP contribution >= 0.6 is 0 Å². The molecule has 1 unspecified atom stereocenters. The zero-order valence-corrected chi connectivity index (χ0v) is 20.2. The molecule has 0 amide bonds. The molecule has 0 aromatic carbocycles. The Kier molecular flexibility index (Phi) is 6.77. The van der Waals surface area contributed by atoms with Crippen molar-refractivity contribution in [2.45, 2.75) is 123 Å². The predicted molar refractivity (Wildman–Crippen MR) is 125 cm³/mol. The van der Waals surface area contributed by atoms with Gasteiger partial charge in [0.25, 0.3) is 0 Å². The van der Waals surface area contributed by atoms with Crippen LogP contribution in [0.3, 0.4) is 0 Å². The predicted octanol–water partition coefficient (Wildman–Crippen LogP) is 6.89. The quantitative estimate of drug-likeness (QED) is 0.443. The summed E-state index contributed by atoms with van der Waals surface area (Å²) in [4.78, 5) is 0. The largest absolute Gasteiger partial charge is 0.393 e. The van der Waals surface area contributed by atoms with Gasteiger partial charge in [-0.2, -0.15) is 0 Å². The fourth-order valence-electron chi connectivity index (χ4n) is 8.72. The van der Waals surface area contributed by atoms with E-state index >= 15 is 0 Å². The highest BCUT2D eigenvalue weighted by molar-refractivity contribution is 5.22. The van der Waals surface area contributed by atoms with Crippen molar-refractivity contribution in [2.24, 2.45) is 40.9 Å². The van der Waals surface area contributed by atoms with E-state index in [0.29, 0.717) is 5.41 Å². The molecule has 0 aromatic heterocycles. The molecule has 4 aliphatic rings.